The van der Waals surface area contributed by atoms with Gasteiger partial charge < -0.3 is 0 Å². The SMILES string of the molecule is CCn1cc(C(NN)c2ccc(Br)cc2Cl)cn1. The number of halogens is 2. The van der Waals surface area contributed by atoms with E-state index in [1.807, 2.05) is 36.0 Å². The van der Waals surface area contributed by atoms with Gasteiger partial charge in [0, 0.05) is 27.8 Å². The summed E-state index contributed by atoms with van der Waals surface area (Å²) in [4.78, 5) is 0. The molecule has 0 spiro atoms. The van der Waals surface area contributed by atoms with Crippen molar-refractivity contribution in [3.05, 3.63) is 51.2 Å². The molecule has 18 heavy (non-hydrogen) atoms. The maximum atomic E-state index is 6.24. The topological polar surface area (TPSA) is 55.9 Å². The second-order valence-corrected chi connectivity index (χ2v) is 5.22. The quantitative estimate of drug-likeness (QED) is 0.670. The van der Waals surface area contributed by atoms with E-state index in [1.54, 1.807) is 6.20 Å². The number of hydrogen-bond donors (Lipinski definition) is 2. The number of aromatic nitrogens is 2. The van der Waals surface area contributed by atoms with E-state index < -0.39 is 0 Å². The second-order valence-electron chi connectivity index (χ2n) is 3.89. The summed E-state index contributed by atoms with van der Waals surface area (Å²) in [6.07, 6.45) is 3.76. The van der Waals surface area contributed by atoms with Crippen LogP contribution in [0.25, 0.3) is 0 Å². The standard InChI is InChI=1S/C12H14BrClN4/c1-2-18-7-8(6-16-18)12(17-15)10-4-3-9(13)5-11(10)14/h3-7,12,17H,2,15H2,1H3. The van der Waals surface area contributed by atoms with E-state index in [-0.39, 0.29) is 6.04 Å². The van der Waals surface area contributed by atoms with E-state index in [9.17, 15) is 0 Å². The third-order valence-corrected chi connectivity index (χ3v) is 3.57. The lowest BCUT2D eigenvalue weighted by Gasteiger charge is -2.16. The number of hydrazine groups is 1. The van der Waals surface area contributed by atoms with Gasteiger partial charge in [-0.2, -0.15) is 5.10 Å². The van der Waals surface area contributed by atoms with Crippen LogP contribution >= 0.6 is 27.5 Å². The van der Waals surface area contributed by atoms with Crippen molar-refractivity contribution >= 4 is 27.5 Å². The van der Waals surface area contributed by atoms with Gasteiger partial charge in [0.1, 0.15) is 0 Å². The molecule has 2 aromatic rings. The maximum absolute atomic E-state index is 6.24. The summed E-state index contributed by atoms with van der Waals surface area (Å²) in [6.45, 7) is 2.86. The summed E-state index contributed by atoms with van der Waals surface area (Å²) < 4.78 is 2.79. The highest BCUT2D eigenvalue weighted by Gasteiger charge is 2.17. The lowest BCUT2D eigenvalue weighted by Crippen LogP contribution is -2.28. The molecule has 2 rings (SSSR count). The summed E-state index contributed by atoms with van der Waals surface area (Å²) in [5.74, 6) is 5.64. The summed E-state index contributed by atoms with van der Waals surface area (Å²) >= 11 is 9.63. The molecule has 96 valence electrons. The van der Waals surface area contributed by atoms with Gasteiger partial charge in [0.05, 0.1) is 12.2 Å². The Morgan fingerprint density at radius 1 is 1.56 bits per heavy atom. The zero-order chi connectivity index (χ0) is 13.1. The van der Waals surface area contributed by atoms with Gasteiger partial charge >= 0.3 is 0 Å². The van der Waals surface area contributed by atoms with E-state index in [1.165, 1.54) is 0 Å². The number of aryl methyl sites for hydroxylation is 1. The number of hydrogen-bond acceptors (Lipinski definition) is 3. The minimum absolute atomic E-state index is 0.161. The van der Waals surface area contributed by atoms with Gasteiger partial charge in [0.2, 0.25) is 0 Å². The van der Waals surface area contributed by atoms with E-state index in [0.717, 1.165) is 22.1 Å². The molecule has 0 aliphatic heterocycles. The summed E-state index contributed by atoms with van der Waals surface area (Å²) in [7, 11) is 0. The number of benzene rings is 1. The van der Waals surface area contributed by atoms with Gasteiger partial charge in [0.15, 0.2) is 0 Å². The molecule has 1 heterocycles. The monoisotopic (exact) mass is 328 g/mol. The Morgan fingerprint density at radius 2 is 2.33 bits per heavy atom. The molecule has 1 aromatic heterocycles. The van der Waals surface area contributed by atoms with Crippen molar-refractivity contribution in [1.29, 1.82) is 0 Å². The fourth-order valence-corrected chi connectivity index (χ4v) is 2.59. The van der Waals surface area contributed by atoms with Gasteiger partial charge in [-0.15, -0.1) is 0 Å². The van der Waals surface area contributed by atoms with Gasteiger partial charge in [-0.3, -0.25) is 10.5 Å². The fraction of sp³-hybridized carbons (Fsp3) is 0.250. The average Bonchev–Trinajstić information content (AvgIpc) is 2.81. The Hall–Kier alpha value is -0.880. The highest BCUT2D eigenvalue weighted by atomic mass is 79.9. The Balaban J connectivity index is 2.38. The van der Waals surface area contributed by atoms with Crippen molar-refractivity contribution in [1.82, 2.24) is 15.2 Å². The molecule has 0 aliphatic carbocycles. The molecule has 0 radical (unpaired) electrons. The van der Waals surface area contributed by atoms with Crippen LogP contribution < -0.4 is 11.3 Å². The van der Waals surface area contributed by atoms with Gasteiger partial charge in [-0.25, -0.2) is 5.43 Å². The molecule has 0 fully saturated rings. The molecule has 0 saturated heterocycles. The lowest BCUT2D eigenvalue weighted by molar-refractivity contribution is 0.630. The predicted molar refractivity (Wildman–Crippen MR) is 76.2 cm³/mol. The smallest absolute Gasteiger partial charge is 0.0755 e. The third-order valence-electron chi connectivity index (χ3n) is 2.75. The molecular formula is C12H14BrClN4. The molecule has 6 heteroatoms. The minimum Gasteiger partial charge on any atom is -0.273 e. The first-order chi connectivity index (χ1) is 8.65. The van der Waals surface area contributed by atoms with Crippen LogP contribution in [0.5, 0.6) is 0 Å². The zero-order valence-electron chi connectivity index (χ0n) is 9.90. The Bertz CT molecular complexity index is 541. The largest absolute Gasteiger partial charge is 0.273 e. The highest BCUT2D eigenvalue weighted by Crippen LogP contribution is 2.29. The molecule has 0 amide bonds. The van der Waals surface area contributed by atoms with Crippen LogP contribution in [-0.2, 0) is 6.54 Å². The second kappa shape index (κ2) is 5.84. The van der Waals surface area contributed by atoms with Crippen molar-refractivity contribution in [2.24, 2.45) is 5.84 Å². The van der Waals surface area contributed by atoms with E-state index in [4.69, 9.17) is 17.4 Å². The van der Waals surface area contributed by atoms with Crippen LogP contribution in [0.1, 0.15) is 24.1 Å². The lowest BCUT2D eigenvalue weighted by atomic mass is 10.0. The van der Waals surface area contributed by atoms with Crippen LogP contribution in [0.4, 0.5) is 0 Å². The molecular weight excluding hydrogens is 316 g/mol. The highest BCUT2D eigenvalue weighted by molar-refractivity contribution is 9.10. The van der Waals surface area contributed by atoms with E-state index >= 15 is 0 Å². The minimum atomic E-state index is -0.161. The first-order valence-electron chi connectivity index (χ1n) is 5.59. The van der Waals surface area contributed by atoms with Crippen molar-refractivity contribution in [3.8, 4) is 0 Å². The average molecular weight is 330 g/mol. The van der Waals surface area contributed by atoms with Gasteiger partial charge in [-0.1, -0.05) is 33.6 Å². The van der Waals surface area contributed by atoms with Gasteiger partial charge in [-0.05, 0) is 24.6 Å². The Kier molecular flexibility index (Phi) is 4.40. The first kappa shape index (κ1) is 13.5. The van der Waals surface area contributed by atoms with Crippen LogP contribution in [0.2, 0.25) is 5.02 Å². The van der Waals surface area contributed by atoms with E-state index in [0.29, 0.717) is 5.02 Å². The predicted octanol–water partition coefficient (Wildman–Crippen LogP) is 2.87. The molecule has 0 aliphatic rings. The molecule has 1 atom stereocenters. The first-order valence-corrected chi connectivity index (χ1v) is 6.76. The van der Waals surface area contributed by atoms with Crippen molar-refractivity contribution in [2.45, 2.75) is 19.5 Å². The van der Waals surface area contributed by atoms with Crippen LogP contribution in [-0.4, -0.2) is 9.78 Å². The maximum Gasteiger partial charge on any atom is 0.0755 e. The van der Waals surface area contributed by atoms with Crippen molar-refractivity contribution < 1.29 is 0 Å². The summed E-state index contributed by atoms with van der Waals surface area (Å²) in [5, 5.41) is 4.91. The van der Waals surface area contributed by atoms with Crippen LogP contribution in [0, 0.1) is 0 Å². The summed E-state index contributed by atoms with van der Waals surface area (Å²) in [5.41, 5.74) is 4.70. The molecule has 0 saturated carbocycles. The number of rotatable bonds is 4. The number of nitrogens with two attached hydrogens (primary N) is 1. The molecule has 3 N–H and O–H groups in total. The third kappa shape index (κ3) is 2.75. The van der Waals surface area contributed by atoms with Crippen LogP contribution in [0.15, 0.2) is 35.1 Å². The summed E-state index contributed by atoms with van der Waals surface area (Å²) in [6, 6.07) is 5.58. The van der Waals surface area contributed by atoms with Crippen molar-refractivity contribution in [3.63, 3.8) is 0 Å². The van der Waals surface area contributed by atoms with E-state index in [2.05, 4.69) is 26.5 Å². The Morgan fingerprint density at radius 3 is 2.89 bits per heavy atom. The molecule has 1 unspecified atom stereocenters. The molecule has 1 aromatic carbocycles. The van der Waals surface area contributed by atoms with Crippen LogP contribution in [0.3, 0.4) is 0 Å². The fourth-order valence-electron chi connectivity index (χ4n) is 1.80. The zero-order valence-corrected chi connectivity index (χ0v) is 12.2. The van der Waals surface area contributed by atoms with Gasteiger partial charge in [0.25, 0.3) is 0 Å². The molecule has 0 bridgehead atoms. The normalized spacial score (nSPS) is 12.7. The molecule has 4 nitrogen and oxygen atoms in total. The van der Waals surface area contributed by atoms with Crippen molar-refractivity contribution in [2.75, 3.05) is 0 Å². The number of nitrogens with zero attached hydrogens (tertiary/aromatic N) is 2. The Labute approximate surface area is 119 Å². The number of nitrogens with one attached hydrogen (secondary N) is 1.